The minimum absolute atomic E-state index is 0.0567. The molecule has 1 aliphatic heterocycles. The van der Waals surface area contributed by atoms with Crippen LogP contribution in [0.2, 0.25) is 0 Å². The average molecular weight is 391 g/mol. The van der Waals surface area contributed by atoms with Gasteiger partial charge in [0, 0.05) is 31.6 Å². The molecule has 154 valence electrons. The van der Waals surface area contributed by atoms with E-state index in [1.807, 2.05) is 4.90 Å². The number of benzene rings is 1. The zero-order valence-electron chi connectivity index (χ0n) is 16.7. The van der Waals surface area contributed by atoms with Crippen molar-refractivity contribution in [1.29, 1.82) is 0 Å². The minimum atomic E-state index is -0.394. The lowest BCUT2D eigenvalue weighted by molar-refractivity contribution is -0.132. The van der Waals surface area contributed by atoms with E-state index in [0.717, 1.165) is 25.9 Å². The lowest BCUT2D eigenvalue weighted by atomic mass is 10.00. The molecule has 28 heavy (non-hydrogen) atoms. The Labute approximate surface area is 165 Å². The predicted molar refractivity (Wildman–Crippen MR) is 104 cm³/mol. The molecule has 0 saturated carbocycles. The first-order valence-electron chi connectivity index (χ1n) is 9.49. The fourth-order valence-corrected chi connectivity index (χ4v) is 3.19. The number of ether oxygens (including phenoxy) is 2. The summed E-state index contributed by atoms with van der Waals surface area (Å²) in [6, 6.07) is 4.76. The number of amides is 3. The SMILES string of the molecule is COc1ccc(C(=O)NCC(=O)NCCC(=O)N2CCCC(C)C2)cc1OC. The number of hydrogen-bond donors (Lipinski definition) is 2. The standard InChI is InChI=1S/C20H29N3O5/c1-14-5-4-10-23(13-14)19(25)8-9-21-18(24)12-22-20(26)15-6-7-16(27-2)17(11-15)28-3/h6-7,11,14H,4-5,8-10,12-13H2,1-3H3,(H,21,24)(H,22,26). The van der Waals surface area contributed by atoms with Crippen molar-refractivity contribution in [2.24, 2.45) is 5.92 Å². The van der Waals surface area contributed by atoms with Crippen molar-refractivity contribution in [3.63, 3.8) is 0 Å². The molecule has 0 spiro atoms. The van der Waals surface area contributed by atoms with Gasteiger partial charge < -0.3 is 25.0 Å². The lowest BCUT2D eigenvalue weighted by Gasteiger charge is -2.31. The highest BCUT2D eigenvalue weighted by Gasteiger charge is 2.20. The van der Waals surface area contributed by atoms with Gasteiger partial charge in [-0.1, -0.05) is 6.92 Å². The van der Waals surface area contributed by atoms with Crippen LogP contribution >= 0.6 is 0 Å². The van der Waals surface area contributed by atoms with Gasteiger partial charge in [0.15, 0.2) is 11.5 Å². The van der Waals surface area contributed by atoms with Gasteiger partial charge in [-0.3, -0.25) is 14.4 Å². The Morgan fingerprint density at radius 3 is 2.57 bits per heavy atom. The van der Waals surface area contributed by atoms with Gasteiger partial charge in [0.05, 0.1) is 20.8 Å². The summed E-state index contributed by atoms with van der Waals surface area (Å²) < 4.78 is 10.3. The van der Waals surface area contributed by atoms with E-state index in [2.05, 4.69) is 17.6 Å². The maximum Gasteiger partial charge on any atom is 0.251 e. The molecule has 0 aliphatic carbocycles. The molecule has 1 fully saturated rings. The van der Waals surface area contributed by atoms with Crippen LogP contribution in [-0.4, -0.2) is 63.0 Å². The van der Waals surface area contributed by atoms with Crippen LogP contribution in [0, 0.1) is 5.92 Å². The monoisotopic (exact) mass is 391 g/mol. The second kappa shape index (κ2) is 10.5. The molecule has 0 aromatic heterocycles. The zero-order chi connectivity index (χ0) is 20.5. The molecular weight excluding hydrogens is 362 g/mol. The normalized spacial score (nSPS) is 16.2. The highest BCUT2D eigenvalue weighted by molar-refractivity contribution is 5.97. The first-order chi connectivity index (χ1) is 13.4. The molecular formula is C20H29N3O5. The van der Waals surface area contributed by atoms with Crippen LogP contribution in [0.1, 0.15) is 36.5 Å². The largest absolute Gasteiger partial charge is 0.493 e. The number of methoxy groups -OCH3 is 2. The van der Waals surface area contributed by atoms with Crippen molar-refractivity contribution in [2.75, 3.05) is 40.4 Å². The molecule has 2 rings (SSSR count). The summed E-state index contributed by atoms with van der Waals surface area (Å²) in [6.45, 7) is 3.81. The Balaban J connectivity index is 1.72. The maximum absolute atomic E-state index is 12.2. The quantitative estimate of drug-likeness (QED) is 0.694. The number of hydrogen-bond acceptors (Lipinski definition) is 5. The fraction of sp³-hybridized carbons (Fsp3) is 0.550. The molecule has 0 radical (unpaired) electrons. The summed E-state index contributed by atoms with van der Waals surface area (Å²) in [7, 11) is 3.00. The highest BCUT2D eigenvalue weighted by atomic mass is 16.5. The van der Waals surface area contributed by atoms with E-state index in [9.17, 15) is 14.4 Å². The first kappa shape index (κ1) is 21.5. The molecule has 1 unspecified atom stereocenters. The molecule has 0 bridgehead atoms. The van der Waals surface area contributed by atoms with Gasteiger partial charge >= 0.3 is 0 Å². The summed E-state index contributed by atoms with van der Waals surface area (Å²) in [4.78, 5) is 38.1. The minimum Gasteiger partial charge on any atom is -0.493 e. The van der Waals surface area contributed by atoms with Gasteiger partial charge in [-0.25, -0.2) is 0 Å². The summed E-state index contributed by atoms with van der Waals surface area (Å²) >= 11 is 0. The number of nitrogens with zero attached hydrogens (tertiary/aromatic N) is 1. The molecule has 8 heteroatoms. The van der Waals surface area contributed by atoms with Crippen LogP contribution < -0.4 is 20.1 Å². The Morgan fingerprint density at radius 1 is 1.14 bits per heavy atom. The van der Waals surface area contributed by atoms with E-state index in [4.69, 9.17) is 9.47 Å². The van der Waals surface area contributed by atoms with E-state index in [1.165, 1.54) is 14.2 Å². The van der Waals surface area contributed by atoms with E-state index >= 15 is 0 Å². The van der Waals surface area contributed by atoms with E-state index in [-0.39, 0.29) is 31.3 Å². The average Bonchev–Trinajstić information content (AvgIpc) is 2.71. The number of piperidine rings is 1. The van der Waals surface area contributed by atoms with Crippen LogP contribution in [0.15, 0.2) is 18.2 Å². The number of carbonyl (C=O) groups excluding carboxylic acids is 3. The van der Waals surface area contributed by atoms with Gasteiger partial charge in [-0.05, 0) is 37.0 Å². The van der Waals surface area contributed by atoms with E-state index < -0.39 is 5.91 Å². The third-order valence-electron chi connectivity index (χ3n) is 4.73. The Morgan fingerprint density at radius 2 is 1.89 bits per heavy atom. The molecule has 1 saturated heterocycles. The first-order valence-corrected chi connectivity index (χ1v) is 9.49. The molecule has 1 atom stereocenters. The number of rotatable bonds is 8. The van der Waals surface area contributed by atoms with Crippen LogP contribution in [0.4, 0.5) is 0 Å². The van der Waals surface area contributed by atoms with Crippen LogP contribution in [0.25, 0.3) is 0 Å². The summed E-state index contributed by atoms with van der Waals surface area (Å²) in [5.41, 5.74) is 0.361. The van der Waals surface area contributed by atoms with Crippen molar-refractivity contribution in [3.05, 3.63) is 23.8 Å². The van der Waals surface area contributed by atoms with Crippen molar-refractivity contribution < 1.29 is 23.9 Å². The third-order valence-corrected chi connectivity index (χ3v) is 4.73. The topological polar surface area (TPSA) is 97.0 Å². The van der Waals surface area contributed by atoms with Gasteiger partial charge in [0.1, 0.15) is 0 Å². The Kier molecular flexibility index (Phi) is 8.10. The number of nitrogens with one attached hydrogen (secondary N) is 2. The predicted octanol–water partition coefficient (Wildman–Crippen LogP) is 1.20. The summed E-state index contributed by atoms with van der Waals surface area (Å²) in [5, 5.41) is 5.22. The number of carbonyl (C=O) groups is 3. The van der Waals surface area contributed by atoms with Crippen molar-refractivity contribution in [1.82, 2.24) is 15.5 Å². The highest BCUT2D eigenvalue weighted by Crippen LogP contribution is 2.27. The second-order valence-electron chi connectivity index (χ2n) is 6.94. The molecule has 1 heterocycles. The summed E-state index contributed by atoms with van der Waals surface area (Å²) in [6.07, 6.45) is 2.45. The third kappa shape index (κ3) is 6.14. The second-order valence-corrected chi connectivity index (χ2v) is 6.94. The Hall–Kier alpha value is -2.77. The zero-order valence-corrected chi connectivity index (χ0v) is 16.7. The molecule has 3 amide bonds. The lowest BCUT2D eigenvalue weighted by Crippen LogP contribution is -2.42. The summed E-state index contributed by atoms with van der Waals surface area (Å²) in [5.74, 6) is 0.804. The van der Waals surface area contributed by atoms with Gasteiger partial charge in [0.25, 0.3) is 5.91 Å². The number of likely N-dealkylation sites (tertiary alicyclic amines) is 1. The van der Waals surface area contributed by atoms with Crippen LogP contribution in [0.5, 0.6) is 11.5 Å². The van der Waals surface area contributed by atoms with Crippen LogP contribution in [-0.2, 0) is 9.59 Å². The van der Waals surface area contributed by atoms with Crippen LogP contribution in [0.3, 0.4) is 0 Å². The maximum atomic E-state index is 12.2. The van der Waals surface area contributed by atoms with Crippen molar-refractivity contribution in [3.8, 4) is 11.5 Å². The fourth-order valence-electron chi connectivity index (χ4n) is 3.19. The van der Waals surface area contributed by atoms with Crippen molar-refractivity contribution in [2.45, 2.75) is 26.2 Å². The van der Waals surface area contributed by atoms with Crippen molar-refractivity contribution >= 4 is 17.7 Å². The Bertz CT molecular complexity index is 707. The molecule has 1 aromatic carbocycles. The smallest absolute Gasteiger partial charge is 0.251 e. The molecule has 2 N–H and O–H groups in total. The molecule has 1 aliphatic rings. The van der Waals surface area contributed by atoms with Gasteiger partial charge in [-0.15, -0.1) is 0 Å². The molecule has 8 nitrogen and oxygen atoms in total. The van der Waals surface area contributed by atoms with Gasteiger partial charge in [-0.2, -0.15) is 0 Å². The van der Waals surface area contributed by atoms with E-state index in [1.54, 1.807) is 18.2 Å². The van der Waals surface area contributed by atoms with Gasteiger partial charge in [0.2, 0.25) is 11.8 Å². The molecule has 1 aromatic rings. The van der Waals surface area contributed by atoms with E-state index in [0.29, 0.717) is 23.0 Å².